The Balaban J connectivity index is 1.84. The molecular weight excluding hydrogens is 493 g/mol. The third-order valence-corrected chi connectivity index (χ3v) is 7.51. The molecule has 0 aliphatic heterocycles. The number of carbonyl (C=O) groups excluding carboxylic acids is 1. The van der Waals surface area contributed by atoms with Gasteiger partial charge < -0.3 is 9.72 Å². The maximum absolute atomic E-state index is 13.3. The Kier molecular flexibility index (Phi) is 6.51. The molecular formula is C26H23Cl2NO4S. The third kappa shape index (κ3) is 5.14. The van der Waals surface area contributed by atoms with E-state index in [1.165, 1.54) is 12.1 Å². The number of H-pyrrole nitrogens is 1. The highest BCUT2D eigenvalue weighted by atomic mass is 35.5. The van der Waals surface area contributed by atoms with E-state index in [2.05, 4.69) is 4.98 Å². The fraction of sp³-hybridized carbons (Fsp3) is 0.192. The number of nitrogens with one attached hydrogen (secondary N) is 1. The van der Waals surface area contributed by atoms with Crippen LogP contribution in [0.4, 0.5) is 0 Å². The van der Waals surface area contributed by atoms with Crippen molar-refractivity contribution in [1.82, 2.24) is 4.98 Å². The number of sulfone groups is 1. The molecule has 8 heteroatoms. The first-order chi connectivity index (χ1) is 15.9. The largest absolute Gasteiger partial charge is 0.456 e. The average Bonchev–Trinajstić information content (AvgIpc) is 3.12. The van der Waals surface area contributed by atoms with Gasteiger partial charge in [-0.15, -0.1) is 0 Å². The fourth-order valence-electron chi connectivity index (χ4n) is 3.72. The first kappa shape index (κ1) is 24.3. The summed E-state index contributed by atoms with van der Waals surface area (Å²) in [7, 11) is -3.80. The Labute approximate surface area is 208 Å². The summed E-state index contributed by atoms with van der Waals surface area (Å²) < 4.78 is 32.2. The smallest absolute Gasteiger partial charge is 0.341 e. The van der Waals surface area contributed by atoms with Crippen LogP contribution in [0.3, 0.4) is 0 Å². The molecule has 0 bridgehead atoms. The van der Waals surface area contributed by atoms with Crippen molar-refractivity contribution in [2.24, 2.45) is 0 Å². The number of rotatable bonds is 5. The van der Waals surface area contributed by atoms with Crippen LogP contribution in [0.5, 0.6) is 0 Å². The van der Waals surface area contributed by atoms with Gasteiger partial charge in [0.15, 0.2) is 9.84 Å². The van der Waals surface area contributed by atoms with E-state index in [-0.39, 0.29) is 15.7 Å². The van der Waals surface area contributed by atoms with Crippen molar-refractivity contribution in [2.45, 2.75) is 37.0 Å². The number of aromatic nitrogens is 1. The van der Waals surface area contributed by atoms with Crippen LogP contribution < -0.4 is 0 Å². The Morgan fingerprint density at radius 3 is 2.41 bits per heavy atom. The maximum atomic E-state index is 13.3. The normalized spacial score (nSPS) is 12.1. The lowest BCUT2D eigenvalue weighted by Crippen LogP contribution is -2.24. The second-order valence-electron chi connectivity index (χ2n) is 8.96. The monoisotopic (exact) mass is 515 g/mol. The van der Waals surface area contributed by atoms with Gasteiger partial charge in [-0.3, -0.25) is 0 Å². The molecule has 0 saturated carbocycles. The molecule has 3 aromatic carbocycles. The number of esters is 1. The molecule has 1 heterocycles. The van der Waals surface area contributed by atoms with Gasteiger partial charge in [0, 0.05) is 21.5 Å². The highest BCUT2D eigenvalue weighted by Crippen LogP contribution is 2.35. The number of ether oxygens (including phenoxy) is 1. The molecule has 0 spiro atoms. The lowest BCUT2D eigenvalue weighted by molar-refractivity contribution is 0.00728. The van der Waals surface area contributed by atoms with Gasteiger partial charge in [0.2, 0.25) is 0 Å². The van der Waals surface area contributed by atoms with Crippen molar-refractivity contribution in [3.63, 3.8) is 0 Å². The number of carbonyl (C=O) groups is 1. The molecule has 34 heavy (non-hydrogen) atoms. The van der Waals surface area contributed by atoms with Crippen molar-refractivity contribution in [1.29, 1.82) is 0 Å². The zero-order chi connectivity index (χ0) is 24.7. The zero-order valence-corrected chi connectivity index (χ0v) is 21.2. The summed E-state index contributed by atoms with van der Waals surface area (Å²) in [6.45, 7) is 5.38. The summed E-state index contributed by atoms with van der Waals surface area (Å²) in [6.07, 6.45) is 0. The van der Waals surface area contributed by atoms with Crippen molar-refractivity contribution in [3.05, 3.63) is 87.9 Å². The van der Waals surface area contributed by atoms with Crippen molar-refractivity contribution < 1.29 is 17.9 Å². The van der Waals surface area contributed by atoms with Gasteiger partial charge in [-0.05, 0) is 56.7 Å². The van der Waals surface area contributed by atoms with E-state index in [1.807, 2.05) is 24.3 Å². The Morgan fingerprint density at radius 1 is 0.971 bits per heavy atom. The van der Waals surface area contributed by atoms with E-state index in [4.69, 9.17) is 27.9 Å². The van der Waals surface area contributed by atoms with Crippen LogP contribution in [0.2, 0.25) is 10.0 Å². The predicted molar refractivity (Wildman–Crippen MR) is 136 cm³/mol. The molecule has 5 nitrogen and oxygen atoms in total. The topological polar surface area (TPSA) is 76.2 Å². The lowest BCUT2D eigenvalue weighted by atomic mass is 10.0. The molecule has 0 aliphatic rings. The molecule has 0 amide bonds. The van der Waals surface area contributed by atoms with E-state index in [1.54, 1.807) is 51.1 Å². The molecule has 0 radical (unpaired) electrons. The molecule has 0 aliphatic carbocycles. The number of para-hydroxylation sites is 1. The van der Waals surface area contributed by atoms with Gasteiger partial charge in [-0.25, -0.2) is 13.2 Å². The Bertz CT molecular complexity index is 1500. The SMILES string of the molecule is CC(C)(C)OC(=O)c1c(-c2ccc(Cl)c(S(=O)(=O)Cc3cccc(Cl)c3)c2)[nH]c2ccccc12. The highest BCUT2D eigenvalue weighted by molar-refractivity contribution is 7.90. The second-order valence-corrected chi connectivity index (χ2v) is 11.8. The van der Waals surface area contributed by atoms with Gasteiger partial charge in [-0.1, -0.05) is 59.6 Å². The van der Waals surface area contributed by atoms with Gasteiger partial charge in [0.25, 0.3) is 0 Å². The molecule has 1 N–H and O–H groups in total. The quantitative estimate of drug-likeness (QED) is 0.288. The predicted octanol–water partition coefficient (Wildman–Crippen LogP) is 7.07. The van der Waals surface area contributed by atoms with E-state index in [0.29, 0.717) is 32.8 Å². The van der Waals surface area contributed by atoms with Crippen molar-refractivity contribution in [3.8, 4) is 11.3 Å². The van der Waals surface area contributed by atoms with Crippen LogP contribution in [0.15, 0.2) is 71.6 Å². The average molecular weight is 516 g/mol. The standard InChI is InChI=1S/C26H23Cl2NO4S/c1-26(2,3)33-25(30)23-19-9-4-5-10-21(19)29-24(23)17-11-12-20(28)22(14-17)34(31,32)15-16-7-6-8-18(27)13-16/h4-14,29H,15H2,1-3H3. The van der Waals surface area contributed by atoms with E-state index < -0.39 is 21.4 Å². The minimum absolute atomic E-state index is 0.0274. The number of benzene rings is 3. The van der Waals surface area contributed by atoms with Crippen LogP contribution in [0.25, 0.3) is 22.2 Å². The van der Waals surface area contributed by atoms with Crippen LogP contribution >= 0.6 is 23.2 Å². The second kappa shape index (κ2) is 9.10. The van der Waals surface area contributed by atoms with Crippen molar-refractivity contribution >= 4 is 49.9 Å². The third-order valence-electron chi connectivity index (χ3n) is 5.11. The summed E-state index contributed by atoms with van der Waals surface area (Å²) in [4.78, 5) is 16.4. The van der Waals surface area contributed by atoms with Gasteiger partial charge >= 0.3 is 5.97 Å². The molecule has 176 valence electrons. The minimum Gasteiger partial charge on any atom is -0.456 e. The van der Waals surface area contributed by atoms with Gasteiger partial charge in [0.1, 0.15) is 5.60 Å². The number of fused-ring (bicyclic) bond motifs is 1. The number of aromatic amines is 1. The number of hydrogen-bond acceptors (Lipinski definition) is 4. The molecule has 0 saturated heterocycles. The number of halogens is 2. The van der Waals surface area contributed by atoms with Gasteiger partial charge in [0.05, 0.1) is 26.9 Å². The summed E-state index contributed by atoms with van der Waals surface area (Å²) in [5.74, 6) is -0.763. The van der Waals surface area contributed by atoms with E-state index >= 15 is 0 Å². The first-order valence-electron chi connectivity index (χ1n) is 10.6. The number of hydrogen-bond donors (Lipinski definition) is 1. The van der Waals surface area contributed by atoms with Crippen LogP contribution in [0.1, 0.15) is 36.7 Å². The fourth-order valence-corrected chi connectivity index (χ4v) is 5.85. The molecule has 0 atom stereocenters. The Hall–Kier alpha value is -2.80. The van der Waals surface area contributed by atoms with Crippen LogP contribution in [-0.4, -0.2) is 25.0 Å². The summed E-state index contributed by atoms with van der Waals surface area (Å²) in [5.41, 5.74) is 1.90. The summed E-state index contributed by atoms with van der Waals surface area (Å²) in [5, 5.41) is 1.23. The highest BCUT2D eigenvalue weighted by Gasteiger charge is 2.27. The van der Waals surface area contributed by atoms with Crippen LogP contribution in [0, 0.1) is 0 Å². The molecule has 0 fully saturated rings. The summed E-state index contributed by atoms with van der Waals surface area (Å²) >= 11 is 12.3. The van der Waals surface area contributed by atoms with Crippen LogP contribution in [-0.2, 0) is 20.3 Å². The zero-order valence-electron chi connectivity index (χ0n) is 18.9. The maximum Gasteiger partial charge on any atom is 0.341 e. The summed E-state index contributed by atoms with van der Waals surface area (Å²) in [6, 6.07) is 18.7. The molecule has 4 aromatic rings. The minimum atomic E-state index is -3.80. The van der Waals surface area contributed by atoms with Crippen molar-refractivity contribution in [2.75, 3.05) is 0 Å². The molecule has 1 aromatic heterocycles. The lowest BCUT2D eigenvalue weighted by Gasteiger charge is -2.20. The first-order valence-corrected chi connectivity index (χ1v) is 13.0. The van der Waals surface area contributed by atoms with Gasteiger partial charge in [-0.2, -0.15) is 0 Å². The Morgan fingerprint density at radius 2 is 1.71 bits per heavy atom. The van der Waals surface area contributed by atoms with E-state index in [0.717, 1.165) is 5.52 Å². The van der Waals surface area contributed by atoms with E-state index in [9.17, 15) is 13.2 Å². The molecule has 0 unspecified atom stereocenters. The molecule has 4 rings (SSSR count).